The van der Waals surface area contributed by atoms with Crippen LogP contribution >= 0.6 is 0 Å². The maximum Gasteiger partial charge on any atom is 0.217 e. The minimum Gasteiger partial charge on any atom is -0.380 e. The van der Waals surface area contributed by atoms with Crippen LogP contribution in [-0.4, -0.2) is 49.0 Å². The topological polar surface area (TPSA) is 82.8 Å². The number of hydrogen-bond acceptors (Lipinski definition) is 3. The summed E-state index contributed by atoms with van der Waals surface area (Å²) in [6.07, 6.45) is 2.58. The van der Waals surface area contributed by atoms with Gasteiger partial charge in [-0.1, -0.05) is 32.0 Å². The van der Waals surface area contributed by atoms with Crippen molar-refractivity contribution >= 4 is 17.6 Å². The van der Waals surface area contributed by atoms with Gasteiger partial charge in [0.15, 0.2) is 5.96 Å². The average Bonchev–Trinajstić information content (AvgIpc) is 2.64. The molecular weight excluding hydrogens is 338 g/mol. The SMILES string of the molecule is CCNC(=NCC(Nc1ccccc1)C(C)C)N1CCCC(CC(N)=O)C1. The van der Waals surface area contributed by atoms with Gasteiger partial charge in [-0.2, -0.15) is 0 Å². The Morgan fingerprint density at radius 3 is 2.70 bits per heavy atom. The summed E-state index contributed by atoms with van der Waals surface area (Å²) in [6.45, 7) is 9.86. The highest BCUT2D eigenvalue weighted by atomic mass is 16.1. The van der Waals surface area contributed by atoms with Crippen LogP contribution in [0, 0.1) is 11.8 Å². The minimum absolute atomic E-state index is 0.212. The average molecular weight is 374 g/mol. The van der Waals surface area contributed by atoms with Gasteiger partial charge in [-0.05, 0) is 43.7 Å². The van der Waals surface area contributed by atoms with Crippen molar-refractivity contribution in [2.45, 2.75) is 46.1 Å². The normalized spacial score (nSPS) is 19.0. The summed E-state index contributed by atoms with van der Waals surface area (Å²) in [5.74, 6) is 1.51. The summed E-state index contributed by atoms with van der Waals surface area (Å²) in [4.78, 5) is 18.5. The van der Waals surface area contributed by atoms with Crippen molar-refractivity contribution in [2.24, 2.45) is 22.6 Å². The molecule has 27 heavy (non-hydrogen) atoms. The van der Waals surface area contributed by atoms with Gasteiger partial charge in [-0.3, -0.25) is 9.79 Å². The van der Waals surface area contributed by atoms with E-state index in [0.717, 1.165) is 44.1 Å². The number of aliphatic imine (C=N–C) groups is 1. The summed E-state index contributed by atoms with van der Waals surface area (Å²) in [6, 6.07) is 10.5. The van der Waals surface area contributed by atoms with Crippen molar-refractivity contribution in [3.05, 3.63) is 30.3 Å². The molecule has 4 N–H and O–H groups in total. The molecule has 1 aromatic carbocycles. The molecule has 1 fully saturated rings. The molecule has 0 radical (unpaired) electrons. The molecular formula is C21H35N5O. The summed E-state index contributed by atoms with van der Waals surface area (Å²) in [5, 5.41) is 7.02. The Kier molecular flexibility index (Phi) is 8.43. The van der Waals surface area contributed by atoms with Gasteiger partial charge in [0.25, 0.3) is 0 Å². The molecule has 0 aliphatic carbocycles. The summed E-state index contributed by atoms with van der Waals surface area (Å²) in [5.41, 5.74) is 6.52. The van der Waals surface area contributed by atoms with Crippen LogP contribution in [0.5, 0.6) is 0 Å². The highest BCUT2D eigenvalue weighted by molar-refractivity contribution is 5.80. The standard InChI is InChI=1S/C21H35N5O/c1-4-23-21(26-12-8-9-17(15-26)13-20(22)27)24-14-19(16(2)3)25-18-10-6-5-7-11-18/h5-7,10-11,16-17,19,25H,4,8-9,12-15H2,1-3H3,(H2,22,27)(H,23,24). The highest BCUT2D eigenvalue weighted by Gasteiger charge is 2.24. The third kappa shape index (κ3) is 7.12. The molecule has 1 aliphatic rings. The number of rotatable bonds is 8. The minimum atomic E-state index is -0.212. The Balaban J connectivity index is 2.04. The second-order valence-electron chi connectivity index (χ2n) is 7.68. The molecule has 2 rings (SSSR count). The maximum absolute atomic E-state index is 11.3. The van der Waals surface area contributed by atoms with Crippen molar-refractivity contribution in [3.63, 3.8) is 0 Å². The molecule has 0 saturated carbocycles. The predicted molar refractivity (Wildman–Crippen MR) is 113 cm³/mol. The number of nitrogens with zero attached hydrogens (tertiary/aromatic N) is 2. The van der Waals surface area contributed by atoms with Crippen LogP contribution in [0.1, 0.15) is 40.0 Å². The Morgan fingerprint density at radius 1 is 1.33 bits per heavy atom. The number of para-hydroxylation sites is 1. The first-order valence-electron chi connectivity index (χ1n) is 10.1. The summed E-state index contributed by atoms with van der Waals surface area (Å²) < 4.78 is 0. The predicted octanol–water partition coefficient (Wildman–Crippen LogP) is 2.68. The van der Waals surface area contributed by atoms with E-state index in [1.807, 2.05) is 18.2 Å². The molecule has 2 atom stereocenters. The van der Waals surface area contributed by atoms with Crippen molar-refractivity contribution < 1.29 is 4.79 Å². The van der Waals surface area contributed by atoms with Gasteiger partial charge in [0.2, 0.25) is 5.91 Å². The van der Waals surface area contributed by atoms with Gasteiger partial charge >= 0.3 is 0 Å². The van der Waals surface area contributed by atoms with Crippen molar-refractivity contribution in [1.29, 1.82) is 0 Å². The van der Waals surface area contributed by atoms with Crippen LogP contribution < -0.4 is 16.4 Å². The first-order valence-corrected chi connectivity index (χ1v) is 10.1. The smallest absolute Gasteiger partial charge is 0.217 e. The number of benzene rings is 1. The lowest BCUT2D eigenvalue weighted by Crippen LogP contribution is -2.47. The van der Waals surface area contributed by atoms with Crippen molar-refractivity contribution in [2.75, 3.05) is 31.5 Å². The Bertz CT molecular complexity index is 602. The molecule has 1 heterocycles. The number of nitrogens with two attached hydrogens (primary N) is 1. The second-order valence-corrected chi connectivity index (χ2v) is 7.68. The molecule has 2 unspecified atom stereocenters. The molecule has 6 heteroatoms. The van der Waals surface area contributed by atoms with Gasteiger partial charge in [0.05, 0.1) is 6.54 Å². The van der Waals surface area contributed by atoms with E-state index in [4.69, 9.17) is 10.7 Å². The first kappa shape index (κ1) is 21.1. The number of primary amides is 1. The lowest BCUT2D eigenvalue weighted by atomic mass is 9.95. The monoisotopic (exact) mass is 373 g/mol. The van der Waals surface area contributed by atoms with Gasteiger partial charge in [-0.25, -0.2) is 0 Å². The number of hydrogen-bond donors (Lipinski definition) is 3. The molecule has 1 aliphatic heterocycles. The molecule has 0 aromatic heterocycles. The van der Waals surface area contributed by atoms with E-state index in [0.29, 0.717) is 24.8 Å². The van der Waals surface area contributed by atoms with Crippen LogP contribution in [-0.2, 0) is 4.79 Å². The molecule has 0 bridgehead atoms. The van der Waals surface area contributed by atoms with Crippen LogP contribution in [0.4, 0.5) is 5.69 Å². The van der Waals surface area contributed by atoms with Gasteiger partial charge < -0.3 is 21.3 Å². The van der Waals surface area contributed by atoms with E-state index < -0.39 is 0 Å². The Labute approximate surface area is 163 Å². The third-order valence-corrected chi connectivity index (χ3v) is 5.01. The summed E-state index contributed by atoms with van der Waals surface area (Å²) in [7, 11) is 0. The molecule has 0 spiro atoms. The number of carbonyl (C=O) groups is 1. The number of carbonyl (C=O) groups excluding carboxylic acids is 1. The zero-order valence-electron chi connectivity index (χ0n) is 16.9. The van der Waals surface area contributed by atoms with Gasteiger partial charge in [-0.15, -0.1) is 0 Å². The van der Waals surface area contributed by atoms with Crippen LogP contribution in [0.15, 0.2) is 35.3 Å². The first-order chi connectivity index (χ1) is 13.0. The van der Waals surface area contributed by atoms with E-state index in [-0.39, 0.29) is 11.9 Å². The quantitative estimate of drug-likeness (QED) is 0.483. The highest BCUT2D eigenvalue weighted by Crippen LogP contribution is 2.20. The molecule has 1 amide bonds. The zero-order chi connectivity index (χ0) is 19.6. The number of piperidine rings is 1. The van der Waals surface area contributed by atoms with E-state index in [9.17, 15) is 4.79 Å². The molecule has 150 valence electrons. The third-order valence-electron chi connectivity index (χ3n) is 5.01. The van der Waals surface area contributed by atoms with E-state index in [2.05, 4.69) is 48.4 Å². The number of nitrogens with one attached hydrogen (secondary N) is 2. The van der Waals surface area contributed by atoms with Gasteiger partial charge in [0.1, 0.15) is 0 Å². The fraction of sp³-hybridized carbons (Fsp3) is 0.619. The van der Waals surface area contributed by atoms with Crippen LogP contribution in [0.3, 0.4) is 0 Å². The fourth-order valence-corrected chi connectivity index (χ4v) is 3.49. The second kappa shape index (κ2) is 10.8. The van der Waals surface area contributed by atoms with Crippen LogP contribution in [0.2, 0.25) is 0 Å². The Morgan fingerprint density at radius 2 is 2.07 bits per heavy atom. The lowest BCUT2D eigenvalue weighted by Gasteiger charge is -2.35. The largest absolute Gasteiger partial charge is 0.380 e. The molecule has 6 nitrogen and oxygen atoms in total. The zero-order valence-corrected chi connectivity index (χ0v) is 16.9. The number of anilines is 1. The van der Waals surface area contributed by atoms with E-state index in [1.165, 1.54) is 0 Å². The maximum atomic E-state index is 11.3. The fourth-order valence-electron chi connectivity index (χ4n) is 3.49. The number of likely N-dealkylation sites (tertiary alicyclic amines) is 1. The van der Waals surface area contributed by atoms with Crippen LogP contribution in [0.25, 0.3) is 0 Å². The lowest BCUT2D eigenvalue weighted by molar-refractivity contribution is -0.119. The Hall–Kier alpha value is -2.24. The van der Waals surface area contributed by atoms with E-state index >= 15 is 0 Å². The number of amides is 1. The van der Waals surface area contributed by atoms with Crippen molar-refractivity contribution in [1.82, 2.24) is 10.2 Å². The summed E-state index contributed by atoms with van der Waals surface area (Å²) >= 11 is 0. The van der Waals surface area contributed by atoms with E-state index in [1.54, 1.807) is 0 Å². The molecule has 1 aromatic rings. The van der Waals surface area contributed by atoms with Gasteiger partial charge in [0, 0.05) is 37.8 Å². The van der Waals surface area contributed by atoms with Crippen molar-refractivity contribution in [3.8, 4) is 0 Å². The number of guanidine groups is 1. The molecule has 1 saturated heterocycles.